The first-order valence-electron chi connectivity index (χ1n) is 5.34. The van der Waals surface area contributed by atoms with Crippen molar-refractivity contribution in [3.63, 3.8) is 0 Å². The highest BCUT2D eigenvalue weighted by molar-refractivity contribution is 5.30. The lowest BCUT2D eigenvalue weighted by Gasteiger charge is -2.14. The predicted octanol–water partition coefficient (Wildman–Crippen LogP) is 1.20. The fourth-order valence-electron chi connectivity index (χ4n) is 1.76. The molecule has 4 heteroatoms. The Morgan fingerprint density at radius 3 is 3.07 bits per heavy atom. The topological polar surface area (TPSA) is 54.1 Å². The Morgan fingerprint density at radius 1 is 1.53 bits per heavy atom. The van der Waals surface area contributed by atoms with E-state index in [0.29, 0.717) is 0 Å². The van der Waals surface area contributed by atoms with Gasteiger partial charge in [0.1, 0.15) is 11.9 Å². The van der Waals surface area contributed by atoms with Crippen molar-refractivity contribution in [3.05, 3.63) is 28.2 Å². The minimum atomic E-state index is -0.0825. The van der Waals surface area contributed by atoms with E-state index in [0.717, 1.165) is 24.4 Å². The molecule has 0 aliphatic carbocycles. The first-order chi connectivity index (χ1) is 7.20. The van der Waals surface area contributed by atoms with E-state index in [4.69, 9.17) is 4.74 Å². The first-order valence-corrected chi connectivity index (χ1v) is 5.34. The summed E-state index contributed by atoms with van der Waals surface area (Å²) in [5.41, 5.74) is 0.763. The number of aromatic amines is 1. The zero-order valence-corrected chi connectivity index (χ0v) is 9.04. The van der Waals surface area contributed by atoms with Crippen molar-refractivity contribution in [2.75, 3.05) is 6.54 Å². The Balaban J connectivity index is 2.39. The minimum absolute atomic E-state index is 0.0825. The van der Waals surface area contributed by atoms with Crippen molar-refractivity contribution >= 4 is 0 Å². The lowest BCUT2D eigenvalue weighted by molar-refractivity contribution is 0.200. The molecule has 0 radical (unpaired) electrons. The predicted molar refractivity (Wildman–Crippen MR) is 58.2 cm³/mol. The van der Waals surface area contributed by atoms with Crippen LogP contribution in [0.15, 0.2) is 16.9 Å². The maximum Gasteiger partial charge on any atom is 0.248 e. The Bertz CT molecular complexity index is 400. The number of ether oxygens (including phenoxy) is 1. The zero-order valence-electron chi connectivity index (χ0n) is 9.04. The minimum Gasteiger partial charge on any atom is -0.487 e. The van der Waals surface area contributed by atoms with E-state index in [1.165, 1.54) is 6.07 Å². The van der Waals surface area contributed by atoms with Gasteiger partial charge in [0.15, 0.2) is 0 Å². The SMILES string of the molecule is CC[C@@H]1CN[C@H](C)c2[nH]c(=O)ccc2O1. The van der Waals surface area contributed by atoms with Crippen LogP contribution in [0.3, 0.4) is 0 Å². The largest absolute Gasteiger partial charge is 0.487 e. The molecule has 82 valence electrons. The van der Waals surface area contributed by atoms with E-state index in [1.807, 2.05) is 6.92 Å². The van der Waals surface area contributed by atoms with Crippen LogP contribution in [0.25, 0.3) is 0 Å². The van der Waals surface area contributed by atoms with Crippen molar-refractivity contribution in [3.8, 4) is 5.75 Å². The van der Waals surface area contributed by atoms with Gasteiger partial charge in [-0.1, -0.05) is 6.92 Å². The highest BCUT2D eigenvalue weighted by atomic mass is 16.5. The van der Waals surface area contributed by atoms with Crippen LogP contribution in [0, 0.1) is 0 Å². The molecule has 0 unspecified atom stereocenters. The zero-order chi connectivity index (χ0) is 10.8. The number of fused-ring (bicyclic) bond motifs is 1. The molecule has 1 aliphatic heterocycles. The normalized spacial score (nSPS) is 25.2. The second-order valence-corrected chi connectivity index (χ2v) is 3.88. The van der Waals surface area contributed by atoms with Crippen LogP contribution in [0.5, 0.6) is 5.75 Å². The number of H-pyrrole nitrogens is 1. The summed E-state index contributed by atoms with van der Waals surface area (Å²) in [6.07, 6.45) is 1.14. The Hall–Kier alpha value is -1.29. The summed E-state index contributed by atoms with van der Waals surface area (Å²) in [5.74, 6) is 0.791. The van der Waals surface area contributed by atoms with E-state index >= 15 is 0 Å². The Labute approximate surface area is 88.7 Å². The third kappa shape index (κ3) is 2.04. The first kappa shape index (κ1) is 10.2. The van der Waals surface area contributed by atoms with Crippen molar-refractivity contribution in [1.29, 1.82) is 0 Å². The molecule has 0 saturated heterocycles. The monoisotopic (exact) mass is 208 g/mol. The molecule has 0 amide bonds. The smallest absolute Gasteiger partial charge is 0.248 e. The molecule has 2 heterocycles. The van der Waals surface area contributed by atoms with Gasteiger partial charge in [0.05, 0.1) is 5.69 Å². The average molecular weight is 208 g/mol. The molecule has 0 fully saturated rings. The van der Waals surface area contributed by atoms with Crippen LogP contribution in [0.2, 0.25) is 0 Å². The van der Waals surface area contributed by atoms with Crippen molar-refractivity contribution in [2.24, 2.45) is 0 Å². The molecule has 0 bridgehead atoms. The molecule has 2 N–H and O–H groups in total. The maximum atomic E-state index is 11.2. The molecule has 0 aromatic carbocycles. The fraction of sp³-hybridized carbons (Fsp3) is 0.545. The number of hydrogen-bond acceptors (Lipinski definition) is 3. The highest BCUT2D eigenvalue weighted by Crippen LogP contribution is 2.25. The summed E-state index contributed by atoms with van der Waals surface area (Å²) in [6, 6.07) is 3.38. The van der Waals surface area contributed by atoms with Gasteiger partial charge in [-0.05, 0) is 19.4 Å². The van der Waals surface area contributed by atoms with E-state index in [2.05, 4.69) is 17.2 Å². The third-order valence-electron chi connectivity index (χ3n) is 2.74. The molecule has 2 atom stereocenters. The maximum absolute atomic E-state index is 11.2. The third-order valence-corrected chi connectivity index (χ3v) is 2.74. The van der Waals surface area contributed by atoms with Gasteiger partial charge in [0.25, 0.3) is 0 Å². The lowest BCUT2D eigenvalue weighted by atomic mass is 10.2. The lowest BCUT2D eigenvalue weighted by Crippen LogP contribution is -2.29. The van der Waals surface area contributed by atoms with Gasteiger partial charge in [-0.3, -0.25) is 4.79 Å². The second-order valence-electron chi connectivity index (χ2n) is 3.88. The van der Waals surface area contributed by atoms with E-state index in [-0.39, 0.29) is 17.7 Å². The summed E-state index contributed by atoms with van der Waals surface area (Å²) in [4.78, 5) is 14.0. The molecule has 0 spiro atoms. The van der Waals surface area contributed by atoms with Crippen molar-refractivity contribution < 1.29 is 4.74 Å². The number of nitrogens with one attached hydrogen (secondary N) is 2. The molecule has 1 aliphatic rings. The molecule has 1 aromatic heterocycles. The molecule has 4 nitrogen and oxygen atoms in total. The Morgan fingerprint density at radius 2 is 2.33 bits per heavy atom. The number of pyridine rings is 1. The van der Waals surface area contributed by atoms with Crippen LogP contribution in [-0.4, -0.2) is 17.6 Å². The second kappa shape index (κ2) is 4.06. The summed E-state index contributed by atoms with van der Waals surface area (Å²) < 4.78 is 5.80. The van der Waals surface area contributed by atoms with Gasteiger partial charge in [-0.15, -0.1) is 0 Å². The average Bonchev–Trinajstić information content (AvgIpc) is 2.39. The number of rotatable bonds is 1. The number of aromatic nitrogens is 1. The van der Waals surface area contributed by atoms with E-state index in [1.54, 1.807) is 6.07 Å². The molecular weight excluding hydrogens is 192 g/mol. The fourth-order valence-corrected chi connectivity index (χ4v) is 1.76. The van der Waals surface area contributed by atoms with Gasteiger partial charge in [0, 0.05) is 18.7 Å². The summed E-state index contributed by atoms with van der Waals surface area (Å²) in [6.45, 7) is 4.93. The van der Waals surface area contributed by atoms with Gasteiger partial charge >= 0.3 is 0 Å². The van der Waals surface area contributed by atoms with Gasteiger partial charge < -0.3 is 15.0 Å². The highest BCUT2D eigenvalue weighted by Gasteiger charge is 2.20. The van der Waals surface area contributed by atoms with Crippen LogP contribution in [-0.2, 0) is 0 Å². The quantitative estimate of drug-likeness (QED) is 0.729. The van der Waals surface area contributed by atoms with E-state index in [9.17, 15) is 4.79 Å². The molecule has 0 saturated carbocycles. The standard InChI is InChI=1S/C11H16N2O2/c1-3-8-6-12-7(2)11-9(15-8)4-5-10(14)13-11/h4-5,7-8,12H,3,6H2,1-2H3,(H,13,14)/t7-,8-/m1/s1. The van der Waals surface area contributed by atoms with Crippen molar-refractivity contribution in [2.45, 2.75) is 32.4 Å². The van der Waals surface area contributed by atoms with E-state index < -0.39 is 0 Å². The molecule has 2 rings (SSSR count). The summed E-state index contributed by atoms with van der Waals surface area (Å²) >= 11 is 0. The summed E-state index contributed by atoms with van der Waals surface area (Å²) in [7, 11) is 0. The molecular formula is C11H16N2O2. The molecule has 1 aromatic rings. The van der Waals surface area contributed by atoms with Crippen molar-refractivity contribution in [1.82, 2.24) is 10.3 Å². The number of hydrogen-bond donors (Lipinski definition) is 2. The van der Waals surface area contributed by atoms with Crippen LogP contribution in [0.4, 0.5) is 0 Å². The molecule has 15 heavy (non-hydrogen) atoms. The van der Waals surface area contributed by atoms with Gasteiger partial charge in [0.2, 0.25) is 5.56 Å². The summed E-state index contributed by atoms with van der Waals surface area (Å²) in [5, 5.41) is 3.33. The van der Waals surface area contributed by atoms with Gasteiger partial charge in [-0.2, -0.15) is 0 Å². The van der Waals surface area contributed by atoms with Crippen LogP contribution in [0.1, 0.15) is 32.0 Å². The van der Waals surface area contributed by atoms with Gasteiger partial charge in [-0.25, -0.2) is 0 Å². The Kier molecular flexibility index (Phi) is 2.77. The van der Waals surface area contributed by atoms with Crippen LogP contribution >= 0.6 is 0 Å². The van der Waals surface area contributed by atoms with Crippen LogP contribution < -0.4 is 15.6 Å².